The van der Waals surface area contributed by atoms with Crippen LogP contribution in [0.1, 0.15) is 17.5 Å². The van der Waals surface area contributed by atoms with Gasteiger partial charge in [0.25, 0.3) is 5.82 Å². The van der Waals surface area contributed by atoms with E-state index < -0.39 is 5.97 Å². The number of rotatable bonds is 2. The Morgan fingerprint density at radius 1 is 1.58 bits per heavy atom. The van der Waals surface area contributed by atoms with Crippen LogP contribution < -0.4 is 5.32 Å². The van der Waals surface area contributed by atoms with Gasteiger partial charge in [0.1, 0.15) is 0 Å². The van der Waals surface area contributed by atoms with Gasteiger partial charge in [-0.15, -0.1) is 0 Å². The van der Waals surface area contributed by atoms with Gasteiger partial charge >= 0.3 is 5.97 Å². The van der Waals surface area contributed by atoms with Gasteiger partial charge < -0.3 is 10.4 Å². The Morgan fingerprint density at radius 3 is 2.67 bits per heavy atom. The highest BCUT2D eigenvalue weighted by Crippen LogP contribution is 2.10. The Balaban J connectivity index is 2.77. The summed E-state index contributed by atoms with van der Waals surface area (Å²) in [5.41, 5.74) is 0. The third kappa shape index (κ3) is 1.99. The van der Waals surface area contributed by atoms with Gasteiger partial charge in [-0.25, -0.2) is 4.79 Å². The van der Waals surface area contributed by atoms with Crippen LogP contribution in [0.2, 0.25) is 0 Å². The molecule has 0 atom stereocenters. The summed E-state index contributed by atoms with van der Waals surface area (Å²) in [7, 11) is 0. The van der Waals surface area contributed by atoms with Crippen LogP contribution in [0, 0.1) is 0 Å². The van der Waals surface area contributed by atoms with Crippen LogP contribution in [-0.2, 0) is 4.79 Å². The molecule has 0 unspecified atom stereocenters. The normalized spacial score (nSPS) is 9.42. The summed E-state index contributed by atoms with van der Waals surface area (Å²) < 4.78 is 3.49. The van der Waals surface area contributed by atoms with Crippen molar-refractivity contribution in [3.8, 4) is 0 Å². The lowest BCUT2D eigenvalue weighted by atomic mass is 10.6. The SMILES string of the molecule is CC(=O)Nc1nc(C(=O)O)ns1. The molecule has 0 bridgehead atoms. The van der Waals surface area contributed by atoms with E-state index in [9.17, 15) is 9.59 Å². The van der Waals surface area contributed by atoms with Crippen molar-refractivity contribution in [1.82, 2.24) is 9.36 Å². The first kappa shape index (κ1) is 8.60. The first-order valence-electron chi connectivity index (χ1n) is 2.94. The smallest absolute Gasteiger partial charge is 0.375 e. The minimum Gasteiger partial charge on any atom is -0.475 e. The van der Waals surface area contributed by atoms with Crippen LogP contribution in [0.25, 0.3) is 0 Å². The highest BCUT2D eigenvalue weighted by molar-refractivity contribution is 7.10. The average molecular weight is 187 g/mol. The second-order valence-electron chi connectivity index (χ2n) is 1.91. The lowest BCUT2D eigenvalue weighted by Crippen LogP contribution is -2.06. The van der Waals surface area contributed by atoms with E-state index in [1.165, 1.54) is 6.92 Å². The summed E-state index contributed by atoms with van der Waals surface area (Å²) in [4.78, 5) is 24.3. The lowest BCUT2D eigenvalue weighted by Gasteiger charge is -1.90. The van der Waals surface area contributed by atoms with Gasteiger partial charge in [-0.05, 0) is 0 Å². The van der Waals surface area contributed by atoms with E-state index in [2.05, 4.69) is 14.7 Å². The van der Waals surface area contributed by atoms with Crippen molar-refractivity contribution in [1.29, 1.82) is 0 Å². The van der Waals surface area contributed by atoms with Crippen molar-refractivity contribution >= 4 is 28.5 Å². The van der Waals surface area contributed by atoms with E-state index in [0.29, 0.717) is 0 Å². The number of nitrogens with one attached hydrogen (secondary N) is 1. The van der Waals surface area contributed by atoms with E-state index in [1.807, 2.05) is 0 Å². The molecule has 6 nitrogen and oxygen atoms in total. The fraction of sp³-hybridized carbons (Fsp3) is 0.200. The molecular weight excluding hydrogens is 182 g/mol. The number of hydrogen-bond acceptors (Lipinski definition) is 5. The number of carbonyl (C=O) groups excluding carboxylic acids is 1. The minimum absolute atomic E-state index is 0.194. The van der Waals surface area contributed by atoms with Gasteiger partial charge in [0, 0.05) is 18.5 Å². The van der Waals surface area contributed by atoms with Crippen LogP contribution in [0.4, 0.5) is 5.13 Å². The highest BCUT2D eigenvalue weighted by atomic mass is 32.1. The zero-order valence-corrected chi connectivity index (χ0v) is 6.88. The van der Waals surface area contributed by atoms with Gasteiger partial charge in [0.05, 0.1) is 0 Å². The molecule has 7 heteroatoms. The molecule has 0 fully saturated rings. The van der Waals surface area contributed by atoms with Crippen LogP contribution >= 0.6 is 11.5 Å². The summed E-state index contributed by atoms with van der Waals surface area (Å²) in [6.45, 7) is 1.31. The zero-order chi connectivity index (χ0) is 9.14. The minimum atomic E-state index is -1.21. The van der Waals surface area contributed by atoms with Crippen LogP contribution in [-0.4, -0.2) is 26.3 Å². The molecule has 0 saturated carbocycles. The molecule has 64 valence electrons. The quantitative estimate of drug-likeness (QED) is 0.689. The Hall–Kier alpha value is -1.50. The molecule has 0 saturated heterocycles. The number of anilines is 1. The lowest BCUT2D eigenvalue weighted by molar-refractivity contribution is -0.114. The molecule has 1 aromatic heterocycles. The van der Waals surface area contributed by atoms with Crippen LogP contribution in [0.15, 0.2) is 0 Å². The summed E-state index contributed by atoms with van der Waals surface area (Å²) >= 11 is 0.832. The molecular formula is C5H5N3O3S. The molecule has 0 aliphatic rings. The predicted octanol–water partition coefficient (Wildman–Crippen LogP) is 0.195. The largest absolute Gasteiger partial charge is 0.475 e. The van der Waals surface area contributed by atoms with Crippen molar-refractivity contribution in [2.24, 2.45) is 0 Å². The van der Waals surface area contributed by atoms with E-state index in [0.717, 1.165) is 11.5 Å². The standard InChI is InChI=1S/C5H5N3O3S/c1-2(9)6-5-7-3(4(10)11)8-12-5/h1H3,(H,10,11)(H,6,7,8,9). The monoisotopic (exact) mass is 187 g/mol. The van der Waals surface area contributed by atoms with E-state index >= 15 is 0 Å². The number of aromatic carboxylic acids is 1. The maximum atomic E-state index is 10.5. The number of aromatic nitrogens is 2. The summed E-state index contributed by atoms with van der Waals surface area (Å²) in [6.07, 6.45) is 0. The maximum Gasteiger partial charge on any atom is 0.375 e. The maximum absolute atomic E-state index is 10.5. The number of carboxylic acids is 1. The van der Waals surface area contributed by atoms with Gasteiger partial charge in [0.2, 0.25) is 11.0 Å². The molecule has 12 heavy (non-hydrogen) atoms. The van der Waals surface area contributed by atoms with Crippen LogP contribution in [0.3, 0.4) is 0 Å². The second-order valence-corrected chi connectivity index (χ2v) is 2.66. The molecule has 0 radical (unpaired) electrons. The van der Waals surface area contributed by atoms with Gasteiger partial charge in [-0.2, -0.15) is 9.36 Å². The summed E-state index contributed by atoms with van der Waals surface area (Å²) in [6, 6.07) is 0. The average Bonchev–Trinajstić information content (AvgIpc) is 2.34. The summed E-state index contributed by atoms with van der Waals surface area (Å²) in [5.74, 6) is -1.81. The summed E-state index contributed by atoms with van der Waals surface area (Å²) in [5, 5.41) is 10.9. The van der Waals surface area contributed by atoms with Crippen molar-refractivity contribution < 1.29 is 14.7 Å². The first-order chi connectivity index (χ1) is 5.59. The fourth-order valence-electron chi connectivity index (χ4n) is 0.512. The fourth-order valence-corrected chi connectivity index (χ4v) is 1.12. The van der Waals surface area contributed by atoms with E-state index in [1.54, 1.807) is 0 Å². The Morgan fingerprint density at radius 2 is 2.25 bits per heavy atom. The Labute approximate surface area is 71.4 Å². The molecule has 1 amide bonds. The van der Waals surface area contributed by atoms with Gasteiger partial charge in [-0.1, -0.05) is 0 Å². The molecule has 0 aliphatic carbocycles. The first-order valence-corrected chi connectivity index (χ1v) is 3.71. The number of carbonyl (C=O) groups is 2. The van der Waals surface area contributed by atoms with Crippen molar-refractivity contribution in [3.05, 3.63) is 5.82 Å². The second kappa shape index (κ2) is 3.26. The number of hydrogen-bond donors (Lipinski definition) is 2. The van der Waals surface area contributed by atoms with Crippen LogP contribution in [0.5, 0.6) is 0 Å². The molecule has 1 rings (SSSR count). The van der Waals surface area contributed by atoms with Crippen molar-refractivity contribution in [2.45, 2.75) is 6.92 Å². The van der Waals surface area contributed by atoms with Crippen molar-refractivity contribution in [2.75, 3.05) is 5.32 Å². The number of amides is 1. The topological polar surface area (TPSA) is 92.2 Å². The molecule has 2 N–H and O–H groups in total. The number of carboxylic acid groups (broad SMARTS) is 1. The Bertz CT molecular complexity index is 321. The molecule has 0 aromatic carbocycles. The molecule has 0 spiro atoms. The van der Waals surface area contributed by atoms with Gasteiger partial charge in [-0.3, -0.25) is 4.79 Å². The third-order valence-electron chi connectivity index (χ3n) is 0.900. The van der Waals surface area contributed by atoms with E-state index in [-0.39, 0.29) is 16.9 Å². The van der Waals surface area contributed by atoms with E-state index in [4.69, 9.17) is 5.11 Å². The van der Waals surface area contributed by atoms with Gasteiger partial charge in [0.15, 0.2) is 0 Å². The highest BCUT2D eigenvalue weighted by Gasteiger charge is 2.10. The molecule has 1 aromatic rings. The Kier molecular flexibility index (Phi) is 2.34. The predicted molar refractivity (Wildman–Crippen MR) is 41.2 cm³/mol. The van der Waals surface area contributed by atoms with Crippen molar-refractivity contribution in [3.63, 3.8) is 0 Å². The number of nitrogens with zero attached hydrogens (tertiary/aromatic N) is 2. The molecule has 1 heterocycles. The zero-order valence-electron chi connectivity index (χ0n) is 6.07. The molecule has 0 aliphatic heterocycles. The third-order valence-corrected chi connectivity index (χ3v) is 1.53.